The highest BCUT2D eigenvalue weighted by Crippen LogP contribution is 2.20. The Morgan fingerprint density at radius 2 is 2.14 bits per heavy atom. The fourth-order valence-electron chi connectivity index (χ4n) is 2.31. The molecule has 0 bridgehead atoms. The molecule has 5 heteroatoms. The summed E-state index contributed by atoms with van der Waals surface area (Å²) in [5.41, 5.74) is 5.11. The predicted molar refractivity (Wildman–Crippen MR) is 86.1 cm³/mol. The van der Waals surface area contributed by atoms with Crippen molar-refractivity contribution in [1.82, 2.24) is 9.38 Å². The van der Waals surface area contributed by atoms with Crippen LogP contribution in [0, 0.1) is 20.8 Å². The van der Waals surface area contributed by atoms with Gasteiger partial charge in [-0.1, -0.05) is 12.1 Å². The van der Waals surface area contributed by atoms with Gasteiger partial charge in [-0.25, -0.2) is 4.98 Å². The lowest BCUT2D eigenvalue weighted by Crippen LogP contribution is -2.16. The highest BCUT2D eigenvalue weighted by molar-refractivity contribution is 7.15. The van der Waals surface area contributed by atoms with E-state index in [1.807, 2.05) is 54.9 Å². The molecular weight excluding hydrogens is 282 g/mol. The number of carbonyl (C=O) groups is 1. The van der Waals surface area contributed by atoms with Crippen LogP contribution in [0.5, 0.6) is 0 Å². The van der Waals surface area contributed by atoms with Gasteiger partial charge in [0.2, 0.25) is 5.91 Å². The summed E-state index contributed by atoms with van der Waals surface area (Å²) in [4.78, 5) is 17.6. The number of aromatic nitrogens is 2. The van der Waals surface area contributed by atoms with Crippen LogP contribution in [-0.4, -0.2) is 15.3 Å². The molecule has 2 heterocycles. The van der Waals surface area contributed by atoms with Crippen LogP contribution in [0.25, 0.3) is 4.96 Å². The summed E-state index contributed by atoms with van der Waals surface area (Å²) in [6.45, 7) is 6.02. The maximum Gasteiger partial charge on any atom is 0.230 e. The quantitative estimate of drug-likeness (QED) is 0.804. The third-order valence-electron chi connectivity index (χ3n) is 3.62. The standard InChI is InChI=1S/C16H17N3OS/c1-10-5-4-6-14(12(10)3)18-15(20)7-13-9-21-16-17-11(2)8-19(13)16/h4-6,8-9H,7H2,1-3H3,(H,18,20). The molecule has 0 aliphatic heterocycles. The van der Waals surface area contributed by atoms with Crippen LogP contribution < -0.4 is 5.32 Å². The molecule has 0 fully saturated rings. The number of benzene rings is 1. The summed E-state index contributed by atoms with van der Waals surface area (Å²) in [7, 11) is 0. The lowest BCUT2D eigenvalue weighted by Gasteiger charge is -2.10. The first-order chi connectivity index (χ1) is 10.0. The van der Waals surface area contributed by atoms with E-state index in [4.69, 9.17) is 0 Å². The summed E-state index contributed by atoms with van der Waals surface area (Å²) in [6.07, 6.45) is 2.32. The Balaban J connectivity index is 1.79. The topological polar surface area (TPSA) is 46.4 Å². The van der Waals surface area contributed by atoms with Crippen molar-refractivity contribution in [1.29, 1.82) is 0 Å². The Hall–Kier alpha value is -2.14. The third-order valence-corrected chi connectivity index (χ3v) is 4.51. The molecule has 0 saturated carbocycles. The molecule has 21 heavy (non-hydrogen) atoms. The smallest absolute Gasteiger partial charge is 0.230 e. The van der Waals surface area contributed by atoms with Crippen LogP contribution in [0.4, 0.5) is 5.69 Å². The number of carbonyl (C=O) groups excluding carboxylic acids is 1. The molecule has 0 unspecified atom stereocenters. The van der Waals surface area contributed by atoms with Crippen molar-refractivity contribution in [3.8, 4) is 0 Å². The summed E-state index contributed by atoms with van der Waals surface area (Å²) < 4.78 is 1.99. The molecule has 0 saturated heterocycles. The number of imidazole rings is 1. The molecule has 0 spiro atoms. The number of nitrogens with one attached hydrogen (secondary N) is 1. The van der Waals surface area contributed by atoms with Crippen molar-refractivity contribution in [2.45, 2.75) is 27.2 Å². The van der Waals surface area contributed by atoms with Gasteiger partial charge in [-0.15, -0.1) is 11.3 Å². The SMILES string of the molecule is Cc1cn2c(CC(=O)Nc3cccc(C)c3C)csc2n1. The zero-order valence-corrected chi connectivity index (χ0v) is 13.1. The van der Waals surface area contributed by atoms with Gasteiger partial charge in [0, 0.05) is 23.0 Å². The first kappa shape index (κ1) is 13.8. The Morgan fingerprint density at radius 1 is 1.33 bits per heavy atom. The number of aryl methyl sites for hydroxylation is 2. The molecule has 4 nitrogen and oxygen atoms in total. The van der Waals surface area contributed by atoms with Gasteiger partial charge in [0.1, 0.15) is 0 Å². The van der Waals surface area contributed by atoms with E-state index in [9.17, 15) is 4.79 Å². The van der Waals surface area contributed by atoms with E-state index in [0.29, 0.717) is 6.42 Å². The van der Waals surface area contributed by atoms with Crippen LogP contribution in [0.15, 0.2) is 29.8 Å². The molecule has 0 aliphatic carbocycles. The van der Waals surface area contributed by atoms with Crippen LogP contribution in [0.2, 0.25) is 0 Å². The van der Waals surface area contributed by atoms with Gasteiger partial charge < -0.3 is 5.32 Å². The summed E-state index contributed by atoms with van der Waals surface area (Å²) in [6, 6.07) is 5.94. The number of hydrogen-bond donors (Lipinski definition) is 1. The van der Waals surface area contributed by atoms with E-state index in [-0.39, 0.29) is 5.91 Å². The maximum absolute atomic E-state index is 12.3. The number of amides is 1. The van der Waals surface area contributed by atoms with Crippen LogP contribution >= 0.6 is 11.3 Å². The number of rotatable bonds is 3. The van der Waals surface area contributed by atoms with Gasteiger partial charge in [0.15, 0.2) is 4.96 Å². The Kier molecular flexibility index (Phi) is 3.51. The van der Waals surface area contributed by atoms with E-state index in [2.05, 4.69) is 10.3 Å². The number of thiazole rings is 1. The second kappa shape index (κ2) is 5.33. The first-order valence-corrected chi connectivity index (χ1v) is 7.70. The largest absolute Gasteiger partial charge is 0.326 e. The van der Waals surface area contributed by atoms with Gasteiger partial charge in [-0.2, -0.15) is 0 Å². The summed E-state index contributed by atoms with van der Waals surface area (Å²) in [5, 5.41) is 4.98. The van der Waals surface area contributed by atoms with Crippen molar-refractivity contribution in [3.05, 3.63) is 52.3 Å². The molecule has 1 N–H and O–H groups in total. The monoisotopic (exact) mass is 299 g/mol. The first-order valence-electron chi connectivity index (χ1n) is 6.83. The zero-order chi connectivity index (χ0) is 15.0. The second-order valence-electron chi connectivity index (χ2n) is 5.23. The lowest BCUT2D eigenvalue weighted by molar-refractivity contribution is -0.115. The molecule has 0 aliphatic rings. The Labute approximate surface area is 127 Å². The molecule has 3 aromatic rings. The van der Waals surface area contributed by atoms with Crippen molar-refractivity contribution in [2.24, 2.45) is 0 Å². The minimum atomic E-state index is -0.00486. The minimum Gasteiger partial charge on any atom is -0.326 e. The molecule has 0 atom stereocenters. The average Bonchev–Trinajstić information content (AvgIpc) is 2.96. The third kappa shape index (κ3) is 2.69. The number of nitrogens with zero attached hydrogens (tertiary/aromatic N) is 2. The average molecular weight is 299 g/mol. The van der Waals surface area contributed by atoms with E-state index in [1.165, 1.54) is 5.56 Å². The molecule has 1 aromatic carbocycles. The fourth-order valence-corrected chi connectivity index (χ4v) is 3.23. The lowest BCUT2D eigenvalue weighted by atomic mass is 10.1. The van der Waals surface area contributed by atoms with E-state index in [0.717, 1.165) is 27.6 Å². The minimum absolute atomic E-state index is 0.00486. The zero-order valence-electron chi connectivity index (χ0n) is 12.3. The summed E-state index contributed by atoms with van der Waals surface area (Å²) in [5.74, 6) is -0.00486. The predicted octanol–water partition coefficient (Wildman–Crippen LogP) is 3.50. The van der Waals surface area contributed by atoms with Gasteiger partial charge in [-0.3, -0.25) is 9.20 Å². The molecular formula is C16H17N3OS. The van der Waals surface area contributed by atoms with Gasteiger partial charge in [0.25, 0.3) is 0 Å². The second-order valence-corrected chi connectivity index (χ2v) is 6.07. The summed E-state index contributed by atoms with van der Waals surface area (Å²) >= 11 is 1.56. The van der Waals surface area contributed by atoms with Gasteiger partial charge >= 0.3 is 0 Å². The molecule has 3 rings (SSSR count). The van der Waals surface area contributed by atoms with E-state index in [1.54, 1.807) is 11.3 Å². The maximum atomic E-state index is 12.3. The van der Waals surface area contributed by atoms with Crippen LogP contribution in [0.1, 0.15) is 22.5 Å². The van der Waals surface area contributed by atoms with Crippen molar-refractivity contribution < 1.29 is 4.79 Å². The van der Waals surface area contributed by atoms with Crippen molar-refractivity contribution >= 4 is 27.9 Å². The van der Waals surface area contributed by atoms with Crippen LogP contribution in [-0.2, 0) is 11.2 Å². The Bertz CT molecular complexity index is 816. The number of anilines is 1. The van der Waals surface area contributed by atoms with Crippen LogP contribution in [0.3, 0.4) is 0 Å². The Morgan fingerprint density at radius 3 is 2.95 bits per heavy atom. The van der Waals surface area contributed by atoms with Gasteiger partial charge in [-0.05, 0) is 38.0 Å². The fraction of sp³-hybridized carbons (Fsp3) is 0.250. The molecule has 2 aromatic heterocycles. The van der Waals surface area contributed by atoms with Crippen molar-refractivity contribution in [2.75, 3.05) is 5.32 Å². The highest BCUT2D eigenvalue weighted by atomic mass is 32.1. The molecule has 1 amide bonds. The van der Waals surface area contributed by atoms with Crippen molar-refractivity contribution in [3.63, 3.8) is 0 Å². The molecule has 0 radical (unpaired) electrons. The highest BCUT2D eigenvalue weighted by Gasteiger charge is 2.11. The molecule has 108 valence electrons. The van der Waals surface area contributed by atoms with Gasteiger partial charge in [0.05, 0.1) is 12.1 Å². The van der Waals surface area contributed by atoms with E-state index < -0.39 is 0 Å². The normalized spacial score (nSPS) is 11.0. The number of hydrogen-bond acceptors (Lipinski definition) is 3. The number of fused-ring (bicyclic) bond motifs is 1. The van der Waals surface area contributed by atoms with E-state index >= 15 is 0 Å².